The van der Waals surface area contributed by atoms with E-state index in [1.54, 1.807) is 24.3 Å². The molecule has 0 heterocycles. The summed E-state index contributed by atoms with van der Waals surface area (Å²) in [5.74, 6) is -1.44. The topological polar surface area (TPSA) is 108 Å². The van der Waals surface area contributed by atoms with E-state index in [1.807, 2.05) is 0 Å². The van der Waals surface area contributed by atoms with E-state index in [9.17, 15) is 19.5 Å². The number of carboxylic acid groups (broad SMARTS) is 1. The molecular weight excluding hydrogens is 300 g/mol. The fourth-order valence-corrected chi connectivity index (χ4v) is 1.69. The summed E-state index contributed by atoms with van der Waals surface area (Å²) in [6.07, 6.45) is 1.97. The van der Waals surface area contributed by atoms with Gasteiger partial charge in [-0.15, -0.1) is 0 Å². The minimum atomic E-state index is -1.21. The lowest BCUT2D eigenvalue weighted by atomic mass is 10.2. The van der Waals surface area contributed by atoms with Crippen LogP contribution in [0.15, 0.2) is 24.3 Å². The Kier molecular flexibility index (Phi) is 8.20. The SMILES string of the molecule is CCCCOc1ccc(C(=O)NNC(=O)CCCC(=O)[O-])cc1. The van der Waals surface area contributed by atoms with Crippen LogP contribution in [0.2, 0.25) is 0 Å². The van der Waals surface area contributed by atoms with Crippen molar-refractivity contribution in [2.45, 2.75) is 39.0 Å². The van der Waals surface area contributed by atoms with E-state index in [0.29, 0.717) is 17.9 Å². The molecule has 1 aromatic carbocycles. The first kappa shape index (κ1) is 18.5. The van der Waals surface area contributed by atoms with Gasteiger partial charge >= 0.3 is 0 Å². The molecule has 2 amide bonds. The van der Waals surface area contributed by atoms with E-state index in [1.165, 1.54) is 0 Å². The Morgan fingerprint density at radius 1 is 1.04 bits per heavy atom. The molecule has 0 radical (unpaired) electrons. The summed E-state index contributed by atoms with van der Waals surface area (Å²) >= 11 is 0. The van der Waals surface area contributed by atoms with Gasteiger partial charge in [-0.3, -0.25) is 20.4 Å². The fourth-order valence-electron chi connectivity index (χ4n) is 1.69. The number of ether oxygens (including phenoxy) is 1. The third kappa shape index (κ3) is 7.85. The molecule has 0 saturated heterocycles. The Morgan fingerprint density at radius 2 is 1.74 bits per heavy atom. The zero-order chi connectivity index (χ0) is 17.1. The number of rotatable bonds is 9. The van der Waals surface area contributed by atoms with Gasteiger partial charge in [-0.25, -0.2) is 0 Å². The van der Waals surface area contributed by atoms with Gasteiger partial charge in [0.2, 0.25) is 5.91 Å². The number of unbranched alkanes of at least 4 members (excludes halogenated alkanes) is 1. The Hall–Kier alpha value is -2.57. The van der Waals surface area contributed by atoms with E-state index in [0.717, 1.165) is 12.8 Å². The molecule has 0 aromatic heterocycles. The first-order valence-corrected chi connectivity index (χ1v) is 7.54. The number of aliphatic carboxylic acids is 1. The number of hydrazine groups is 1. The number of hydrogen-bond donors (Lipinski definition) is 2. The quantitative estimate of drug-likeness (QED) is 0.510. The van der Waals surface area contributed by atoms with Gasteiger partial charge in [0.25, 0.3) is 5.91 Å². The number of carboxylic acids is 1. The van der Waals surface area contributed by atoms with Crippen LogP contribution in [0.25, 0.3) is 0 Å². The molecular formula is C16H21N2O5-. The van der Waals surface area contributed by atoms with Crippen LogP contribution in [-0.2, 0) is 9.59 Å². The number of nitrogens with one attached hydrogen (secondary N) is 2. The third-order valence-corrected chi connectivity index (χ3v) is 2.98. The summed E-state index contributed by atoms with van der Waals surface area (Å²) in [4.78, 5) is 33.5. The highest BCUT2D eigenvalue weighted by Crippen LogP contribution is 2.12. The van der Waals surface area contributed by atoms with Crippen LogP contribution < -0.4 is 20.7 Å². The average molecular weight is 321 g/mol. The second-order valence-corrected chi connectivity index (χ2v) is 4.95. The van der Waals surface area contributed by atoms with E-state index < -0.39 is 17.8 Å². The fraction of sp³-hybridized carbons (Fsp3) is 0.438. The van der Waals surface area contributed by atoms with E-state index in [2.05, 4.69) is 17.8 Å². The largest absolute Gasteiger partial charge is 0.550 e. The van der Waals surface area contributed by atoms with Crippen LogP contribution in [0.5, 0.6) is 5.75 Å². The Labute approximate surface area is 135 Å². The van der Waals surface area contributed by atoms with Crippen LogP contribution in [-0.4, -0.2) is 24.4 Å². The van der Waals surface area contributed by atoms with E-state index in [-0.39, 0.29) is 19.3 Å². The predicted octanol–water partition coefficient (Wildman–Crippen LogP) is 0.547. The Bertz CT molecular complexity index is 528. The zero-order valence-corrected chi connectivity index (χ0v) is 13.1. The summed E-state index contributed by atoms with van der Waals surface area (Å²) in [5, 5.41) is 10.2. The number of hydrogen-bond acceptors (Lipinski definition) is 5. The van der Waals surface area contributed by atoms with Gasteiger partial charge in [-0.05, 0) is 43.5 Å². The molecule has 0 spiro atoms. The molecule has 2 N–H and O–H groups in total. The van der Waals surface area contributed by atoms with Crippen molar-refractivity contribution in [2.75, 3.05) is 6.61 Å². The molecule has 1 rings (SSSR count). The van der Waals surface area contributed by atoms with Gasteiger partial charge in [0.15, 0.2) is 0 Å². The maximum absolute atomic E-state index is 11.8. The average Bonchev–Trinajstić information content (AvgIpc) is 2.53. The maximum atomic E-state index is 11.8. The standard InChI is InChI=1S/C16H22N2O5/c1-2-3-11-23-13-9-7-12(8-10-13)16(22)18-17-14(19)5-4-6-15(20)21/h7-10H,2-6,11H2,1H3,(H,17,19)(H,18,22)(H,20,21)/p-1. The van der Waals surface area contributed by atoms with E-state index in [4.69, 9.17) is 4.74 Å². The molecule has 0 fully saturated rings. The first-order valence-electron chi connectivity index (χ1n) is 7.54. The third-order valence-electron chi connectivity index (χ3n) is 2.98. The Morgan fingerprint density at radius 3 is 2.35 bits per heavy atom. The molecule has 0 saturated carbocycles. The van der Waals surface area contributed by atoms with Crippen molar-refractivity contribution in [3.8, 4) is 5.75 Å². The number of benzene rings is 1. The summed E-state index contributed by atoms with van der Waals surface area (Å²) in [6, 6.07) is 6.57. The van der Waals surface area contributed by atoms with Crippen molar-refractivity contribution >= 4 is 17.8 Å². The van der Waals surface area contributed by atoms with Gasteiger partial charge in [0.05, 0.1) is 6.61 Å². The minimum Gasteiger partial charge on any atom is -0.550 e. The number of carbonyl (C=O) groups excluding carboxylic acids is 3. The highest BCUT2D eigenvalue weighted by Gasteiger charge is 2.07. The molecule has 0 aliphatic heterocycles. The highest BCUT2D eigenvalue weighted by atomic mass is 16.5. The first-order chi connectivity index (χ1) is 11.0. The molecule has 126 valence electrons. The second kappa shape index (κ2) is 10.2. The molecule has 0 aliphatic carbocycles. The van der Waals surface area contributed by atoms with Crippen LogP contribution in [0.4, 0.5) is 0 Å². The summed E-state index contributed by atoms with van der Waals surface area (Å²) in [7, 11) is 0. The van der Waals surface area contributed by atoms with Crippen molar-refractivity contribution < 1.29 is 24.2 Å². The lowest BCUT2D eigenvalue weighted by Gasteiger charge is -2.09. The summed E-state index contributed by atoms with van der Waals surface area (Å²) in [5.41, 5.74) is 4.87. The molecule has 1 aromatic rings. The normalized spacial score (nSPS) is 9.96. The van der Waals surface area contributed by atoms with Crippen molar-refractivity contribution in [3.63, 3.8) is 0 Å². The second-order valence-electron chi connectivity index (χ2n) is 4.95. The van der Waals surface area contributed by atoms with Crippen molar-refractivity contribution in [2.24, 2.45) is 0 Å². The molecule has 0 unspecified atom stereocenters. The smallest absolute Gasteiger partial charge is 0.269 e. The van der Waals surface area contributed by atoms with Gasteiger partial charge in [-0.2, -0.15) is 0 Å². The van der Waals surface area contributed by atoms with Crippen LogP contribution in [0.3, 0.4) is 0 Å². The number of amides is 2. The minimum absolute atomic E-state index is 0.00152. The van der Waals surface area contributed by atoms with Crippen molar-refractivity contribution in [1.29, 1.82) is 0 Å². The molecule has 0 atom stereocenters. The van der Waals surface area contributed by atoms with Crippen LogP contribution >= 0.6 is 0 Å². The maximum Gasteiger partial charge on any atom is 0.269 e. The molecule has 23 heavy (non-hydrogen) atoms. The van der Waals surface area contributed by atoms with Crippen molar-refractivity contribution in [1.82, 2.24) is 10.9 Å². The van der Waals surface area contributed by atoms with Gasteiger partial charge in [0, 0.05) is 18.0 Å². The van der Waals surface area contributed by atoms with Gasteiger partial charge in [-0.1, -0.05) is 13.3 Å². The summed E-state index contributed by atoms with van der Waals surface area (Å²) in [6.45, 7) is 2.70. The monoisotopic (exact) mass is 321 g/mol. The number of carbonyl (C=O) groups is 3. The van der Waals surface area contributed by atoms with Gasteiger partial charge < -0.3 is 14.6 Å². The van der Waals surface area contributed by atoms with Crippen molar-refractivity contribution in [3.05, 3.63) is 29.8 Å². The lowest BCUT2D eigenvalue weighted by molar-refractivity contribution is -0.305. The Balaban J connectivity index is 2.34. The van der Waals surface area contributed by atoms with Crippen LogP contribution in [0.1, 0.15) is 49.4 Å². The summed E-state index contributed by atoms with van der Waals surface area (Å²) < 4.78 is 5.49. The highest BCUT2D eigenvalue weighted by molar-refractivity contribution is 5.95. The molecule has 7 nitrogen and oxygen atoms in total. The molecule has 0 aliphatic rings. The van der Waals surface area contributed by atoms with Crippen LogP contribution in [0, 0.1) is 0 Å². The predicted molar refractivity (Wildman–Crippen MR) is 81.3 cm³/mol. The van der Waals surface area contributed by atoms with E-state index >= 15 is 0 Å². The lowest BCUT2D eigenvalue weighted by Crippen LogP contribution is -2.41. The zero-order valence-electron chi connectivity index (χ0n) is 13.1. The molecule has 7 heteroatoms. The molecule has 0 bridgehead atoms. The van der Waals surface area contributed by atoms with Gasteiger partial charge in [0.1, 0.15) is 5.75 Å².